The van der Waals surface area contributed by atoms with E-state index < -0.39 is 0 Å². The van der Waals surface area contributed by atoms with Crippen molar-refractivity contribution in [3.63, 3.8) is 0 Å². The predicted molar refractivity (Wildman–Crippen MR) is 103 cm³/mol. The summed E-state index contributed by atoms with van der Waals surface area (Å²) in [6.07, 6.45) is 1.51. The van der Waals surface area contributed by atoms with E-state index in [4.69, 9.17) is 5.73 Å². The number of nitrogens with two attached hydrogens (primary N) is 1. The Morgan fingerprint density at radius 3 is 2.62 bits per heavy atom. The van der Waals surface area contributed by atoms with Crippen LogP contribution >= 0.6 is 0 Å². The molecule has 1 saturated heterocycles. The molecule has 2 aromatic carbocycles. The van der Waals surface area contributed by atoms with E-state index in [9.17, 15) is 10.1 Å². The fourth-order valence-electron chi connectivity index (χ4n) is 3.17. The molecule has 3 N–H and O–H groups in total. The van der Waals surface area contributed by atoms with Gasteiger partial charge in [-0.05, 0) is 11.5 Å². The lowest BCUT2D eigenvalue weighted by Crippen LogP contribution is -2.50. The van der Waals surface area contributed by atoms with Gasteiger partial charge in [0.1, 0.15) is 11.6 Å². The summed E-state index contributed by atoms with van der Waals surface area (Å²) < 4.78 is 0. The van der Waals surface area contributed by atoms with E-state index in [1.54, 1.807) is 4.90 Å². The van der Waals surface area contributed by atoms with E-state index in [1.165, 1.54) is 6.20 Å². The average molecular weight is 349 g/mol. The lowest BCUT2D eigenvalue weighted by Gasteiger charge is -2.34. The minimum absolute atomic E-state index is 0.116. The zero-order valence-corrected chi connectivity index (χ0v) is 14.7. The monoisotopic (exact) mass is 349 g/mol. The smallest absolute Gasteiger partial charge is 0.266 e. The number of hydrogen-bond donors (Lipinski definition) is 2. The van der Waals surface area contributed by atoms with E-state index in [1.807, 2.05) is 48.5 Å². The summed E-state index contributed by atoms with van der Waals surface area (Å²) in [5.41, 5.74) is 6.56. The van der Waals surface area contributed by atoms with Gasteiger partial charge in [-0.1, -0.05) is 36.4 Å². The third kappa shape index (κ3) is 4.02. The van der Waals surface area contributed by atoms with Crippen molar-refractivity contribution < 1.29 is 4.79 Å². The van der Waals surface area contributed by atoms with E-state index in [0.717, 1.165) is 36.1 Å². The van der Waals surface area contributed by atoms with Crippen LogP contribution in [0, 0.1) is 11.3 Å². The number of piperazine rings is 1. The number of nitriles is 1. The number of fused-ring (bicyclic) bond motifs is 1. The molecule has 134 valence electrons. The molecule has 1 heterocycles. The second kappa shape index (κ2) is 8.48. The molecule has 1 aliphatic heterocycles. The largest absolute Gasteiger partial charge is 0.360 e. The van der Waals surface area contributed by atoms with Crippen molar-refractivity contribution >= 4 is 22.4 Å². The highest BCUT2D eigenvalue weighted by Crippen LogP contribution is 2.23. The molecule has 1 fully saturated rings. The lowest BCUT2D eigenvalue weighted by molar-refractivity contribution is -0.128. The van der Waals surface area contributed by atoms with Crippen LogP contribution in [-0.2, 0) is 4.79 Å². The van der Waals surface area contributed by atoms with Gasteiger partial charge in [-0.15, -0.1) is 0 Å². The van der Waals surface area contributed by atoms with Crippen molar-refractivity contribution in [2.45, 2.75) is 0 Å². The van der Waals surface area contributed by atoms with E-state index in [-0.39, 0.29) is 11.5 Å². The molecule has 0 aliphatic carbocycles. The van der Waals surface area contributed by atoms with Crippen molar-refractivity contribution in [2.24, 2.45) is 5.73 Å². The number of anilines is 1. The molecule has 0 atom stereocenters. The van der Waals surface area contributed by atoms with Crippen molar-refractivity contribution in [1.29, 1.82) is 5.26 Å². The first kappa shape index (κ1) is 17.9. The Labute approximate surface area is 153 Å². The zero-order chi connectivity index (χ0) is 18.4. The Morgan fingerprint density at radius 1 is 1.15 bits per heavy atom. The van der Waals surface area contributed by atoms with Crippen LogP contribution in [0.4, 0.5) is 5.69 Å². The highest BCUT2D eigenvalue weighted by Gasteiger charge is 2.23. The van der Waals surface area contributed by atoms with Crippen LogP contribution in [0.5, 0.6) is 0 Å². The quantitative estimate of drug-likeness (QED) is 0.635. The molecular formula is C20H23N5O. The fourth-order valence-corrected chi connectivity index (χ4v) is 3.17. The lowest BCUT2D eigenvalue weighted by atomic mass is 10.1. The Balaban J connectivity index is 1.70. The van der Waals surface area contributed by atoms with Crippen LogP contribution in [0.15, 0.2) is 54.2 Å². The maximum Gasteiger partial charge on any atom is 0.266 e. The summed E-state index contributed by atoms with van der Waals surface area (Å²) in [7, 11) is 0. The topological polar surface area (TPSA) is 85.4 Å². The zero-order valence-electron chi connectivity index (χ0n) is 14.7. The number of nitrogens with one attached hydrogen (secondary N) is 1. The fraction of sp³-hybridized carbons (Fsp3) is 0.300. The molecule has 2 aromatic rings. The van der Waals surface area contributed by atoms with Crippen molar-refractivity contribution in [1.82, 2.24) is 9.80 Å². The van der Waals surface area contributed by atoms with E-state index in [0.29, 0.717) is 19.6 Å². The normalized spacial score (nSPS) is 15.7. The molecule has 1 aliphatic rings. The minimum atomic E-state index is -0.229. The third-order valence-corrected chi connectivity index (χ3v) is 4.62. The minimum Gasteiger partial charge on any atom is -0.360 e. The second-order valence-electron chi connectivity index (χ2n) is 6.26. The molecule has 0 radical (unpaired) electrons. The Kier molecular flexibility index (Phi) is 5.84. The molecule has 0 spiro atoms. The Bertz CT molecular complexity index is 841. The Hall–Kier alpha value is -2.88. The molecule has 26 heavy (non-hydrogen) atoms. The molecule has 0 saturated carbocycles. The molecule has 0 unspecified atom stereocenters. The third-order valence-electron chi connectivity index (χ3n) is 4.62. The van der Waals surface area contributed by atoms with Crippen LogP contribution in [-0.4, -0.2) is 55.0 Å². The number of rotatable bonds is 5. The van der Waals surface area contributed by atoms with Gasteiger partial charge in [0, 0.05) is 56.5 Å². The van der Waals surface area contributed by atoms with E-state index in [2.05, 4.69) is 10.2 Å². The van der Waals surface area contributed by atoms with Crippen molar-refractivity contribution in [2.75, 3.05) is 44.6 Å². The number of hydrogen-bond acceptors (Lipinski definition) is 5. The summed E-state index contributed by atoms with van der Waals surface area (Å²) in [5, 5.41) is 14.7. The summed E-state index contributed by atoms with van der Waals surface area (Å²) in [6.45, 7) is 4.27. The van der Waals surface area contributed by atoms with Crippen LogP contribution in [0.3, 0.4) is 0 Å². The van der Waals surface area contributed by atoms with Crippen molar-refractivity contribution in [3.8, 4) is 6.07 Å². The number of carbonyl (C=O) groups excluding carboxylic acids is 1. The highest BCUT2D eigenvalue weighted by atomic mass is 16.2. The molecular weight excluding hydrogens is 326 g/mol. The Morgan fingerprint density at radius 2 is 1.88 bits per heavy atom. The standard InChI is InChI=1S/C20H23N5O/c21-8-9-24-10-12-25(13-11-24)20(26)17(14-22)15-23-19-7-3-5-16-4-1-2-6-18(16)19/h1-7,15,23H,8-13,21H2/b17-15-. The van der Waals surface area contributed by atoms with E-state index >= 15 is 0 Å². The highest BCUT2D eigenvalue weighted by molar-refractivity contribution is 5.99. The number of amides is 1. The number of nitrogens with zero attached hydrogens (tertiary/aromatic N) is 3. The molecule has 0 aromatic heterocycles. The van der Waals surface area contributed by atoms with Crippen molar-refractivity contribution in [3.05, 3.63) is 54.2 Å². The number of benzene rings is 2. The maximum atomic E-state index is 12.6. The predicted octanol–water partition coefficient (Wildman–Crippen LogP) is 1.76. The van der Waals surface area contributed by atoms with Gasteiger partial charge in [-0.2, -0.15) is 5.26 Å². The van der Waals surface area contributed by atoms with Gasteiger partial charge in [-0.3, -0.25) is 9.69 Å². The van der Waals surface area contributed by atoms with Gasteiger partial charge in [-0.25, -0.2) is 0 Å². The van der Waals surface area contributed by atoms with Gasteiger partial charge >= 0.3 is 0 Å². The van der Waals surface area contributed by atoms with Crippen LogP contribution in [0.1, 0.15) is 0 Å². The molecule has 3 rings (SSSR count). The van der Waals surface area contributed by atoms with Crippen LogP contribution in [0.2, 0.25) is 0 Å². The molecule has 6 heteroatoms. The van der Waals surface area contributed by atoms with Crippen LogP contribution < -0.4 is 11.1 Å². The molecule has 0 bridgehead atoms. The SMILES string of the molecule is N#C/C(=C/Nc1cccc2ccccc12)C(=O)N1CCN(CCN)CC1. The van der Waals surface area contributed by atoms with Gasteiger partial charge in [0.05, 0.1) is 0 Å². The summed E-state index contributed by atoms with van der Waals surface area (Å²) in [6, 6.07) is 15.9. The maximum absolute atomic E-state index is 12.6. The molecule has 1 amide bonds. The molecule has 6 nitrogen and oxygen atoms in total. The average Bonchev–Trinajstić information content (AvgIpc) is 2.69. The van der Waals surface area contributed by atoms with Gasteiger partial charge in [0.2, 0.25) is 0 Å². The van der Waals surface area contributed by atoms with Gasteiger partial charge in [0.25, 0.3) is 5.91 Å². The van der Waals surface area contributed by atoms with Gasteiger partial charge in [0.15, 0.2) is 0 Å². The first-order valence-electron chi connectivity index (χ1n) is 8.79. The van der Waals surface area contributed by atoms with Crippen LogP contribution in [0.25, 0.3) is 10.8 Å². The number of carbonyl (C=O) groups is 1. The van der Waals surface area contributed by atoms with Gasteiger partial charge < -0.3 is 16.0 Å². The summed E-state index contributed by atoms with van der Waals surface area (Å²) in [5.74, 6) is -0.229. The summed E-state index contributed by atoms with van der Waals surface area (Å²) >= 11 is 0. The second-order valence-corrected chi connectivity index (χ2v) is 6.26. The first-order chi connectivity index (χ1) is 12.7. The first-order valence-corrected chi connectivity index (χ1v) is 8.79. The summed E-state index contributed by atoms with van der Waals surface area (Å²) in [4.78, 5) is 16.6.